The number of sulfonamides is 1. The summed E-state index contributed by atoms with van der Waals surface area (Å²) in [4.78, 5) is -0.460. The molecule has 0 bridgehead atoms. The highest BCUT2D eigenvalue weighted by atomic mass is 79.9. The first-order chi connectivity index (χ1) is 9.29. The Hall–Kier alpha value is -1.12. The summed E-state index contributed by atoms with van der Waals surface area (Å²) in [5, 5.41) is 0. The minimum atomic E-state index is -4.03. The van der Waals surface area contributed by atoms with E-state index < -0.39 is 20.7 Å². The van der Waals surface area contributed by atoms with Gasteiger partial charge in [-0.2, -0.15) is 0 Å². The topological polar surface area (TPSA) is 72.2 Å². The molecule has 0 fully saturated rings. The smallest absolute Gasteiger partial charge is 0.264 e. The van der Waals surface area contributed by atoms with Gasteiger partial charge in [0.15, 0.2) is 0 Å². The summed E-state index contributed by atoms with van der Waals surface area (Å²) in [7, 11) is -4.03. The van der Waals surface area contributed by atoms with Gasteiger partial charge in [-0.1, -0.05) is 15.9 Å². The normalized spacial score (nSPS) is 11.3. The lowest BCUT2D eigenvalue weighted by Gasteiger charge is -2.11. The van der Waals surface area contributed by atoms with Gasteiger partial charge in [0.2, 0.25) is 0 Å². The Kier molecular flexibility index (Phi) is 4.36. The molecule has 2 rings (SSSR count). The Morgan fingerprint density at radius 3 is 2.45 bits per heavy atom. The third-order valence-electron chi connectivity index (χ3n) is 2.42. The Bertz CT molecular complexity index is 766. The maximum atomic E-state index is 13.7. The van der Waals surface area contributed by atoms with Crippen molar-refractivity contribution in [3.63, 3.8) is 0 Å². The van der Waals surface area contributed by atoms with E-state index in [1.54, 1.807) is 18.2 Å². The highest BCUT2D eigenvalue weighted by molar-refractivity contribution is 9.11. The second-order valence-electron chi connectivity index (χ2n) is 3.92. The van der Waals surface area contributed by atoms with Gasteiger partial charge in [-0.15, -0.1) is 0 Å². The Morgan fingerprint density at radius 1 is 1.10 bits per heavy atom. The van der Waals surface area contributed by atoms with Gasteiger partial charge in [0.1, 0.15) is 10.7 Å². The highest BCUT2D eigenvalue weighted by Gasteiger charge is 2.20. The van der Waals surface area contributed by atoms with Crippen molar-refractivity contribution >= 4 is 53.3 Å². The van der Waals surface area contributed by atoms with Gasteiger partial charge in [-0.3, -0.25) is 4.72 Å². The van der Waals surface area contributed by atoms with Crippen LogP contribution in [0.25, 0.3) is 0 Å². The van der Waals surface area contributed by atoms with E-state index >= 15 is 0 Å². The van der Waals surface area contributed by atoms with Crippen molar-refractivity contribution in [3.8, 4) is 0 Å². The van der Waals surface area contributed by atoms with Crippen molar-refractivity contribution < 1.29 is 12.8 Å². The predicted octanol–water partition coefficient (Wildman–Crippen LogP) is 3.73. The van der Waals surface area contributed by atoms with Crippen LogP contribution in [0.3, 0.4) is 0 Å². The molecule has 2 aromatic rings. The van der Waals surface area contributed by atoms with E-state index in [1.165, 1.54) is 6.07 Å². The molecule has 2 aromatic carbocycles. The number of anilines is 2. The fourth-order valence-corrected chi connectivity index (χ4v) is 3.48. The van der Waals surface area contributed by atoms with E-state index in [9.17, 15) is 12.8 Å². The number of nitrogens with one attached hydrogen (secondary N) is 1. The second-order valence-corrected chi connectivity index (χ2v) is 7.34. The van der Waals surface area contributed by atoms with Crippen LogP contribution in [-0.4, -0.2) is 8.42 Å². The molecular formula is C12H9Br2FN2O2S. The van der Waals surface area contributed by atoms with Crippen molar-refractivity contribution in [1.82, 2.24) is 0 Å². The summed E-state index contributed by atoms with van der Waals surface area (Å²) in [6, 6.07) is 8.39. The standard InChI is InChI=1S/C12H9Br2FN2O2S/c13-7-1-3-9(14)11(5-7)17-20(18,19)12-4-2-8(16)6-10(12)15/h1-6,17H,16H2. The first kappa shape index (κ1) is 15.3. The molecule has 0 amide bonds. The average molecular weight is 424 g/mol. The molecule has 4 nitrogen and oxygen atoms in total. The molecular weight excluding hydrogens is 415 g/mol. The van der Waals surface area contributed by atoms with Crippen LogP contribution in [0.1, 0.15) is 0 Å². The summed E-state index contributed by atoms with van der Waals surface area (Å²) in [6.07, 6.45) is 0. The van der Waals surface area contributed by atoms with Crippen LogP contribution in [0.15, 0.2) is 50.2 Å². The maximum absolute atomic E-state index is 13.7. The van der Waals surface area contributed by atoms with E-state index in [2.05, 4.69) is 36.6 Å². The highest BCUT2D eigenvalue weighted by Crippen LogP contribution is 2.29. The Labute approximate surface area is 132 Å². The molecule has 3 N–H and O–H groups in total. The molecule has 8 heteroatoms. The molecule has 20 heavy (non-hydrogen) atoms. The van der Waals surface area contributed by atoms with Gasteiger partial charge < -0.3 is 5.73 Å². The second kappa shape index (κ2) is 5.71. The van der Waals surface area contributed by atoms with E-state index in [4.69, 9.17) is 5.73 Å². The summed E-state index contributed by atoms with van der Waals surface area (Å²) >= 11 is 6.46. The van der Waals surface area contributed by atoms with Gasteiger partial charge in [-0.05, 0) is 52.3 Å². The number of nitrogen functional groups attached to an aromatic ring is 1. The van der Waals surface area contributed by atoms with Crippen molar-refractivity contribution in [2.75, 3.05) is 10.5 Å². The van der Waals surface area contributed by atoms with Crippen LogP contribution in [0, 0.1) is 5.82 Å². The molecule has 0 spiro atoms. The van der Waals surface area contributed by atoms with E-state index in [-0.39, 0.29) is 5.69 Å². The minimum Gasteiger partial charge on any atom is -0.399 e. The molecule has 0 aromatic heterocycles. The minimum absolute atomic E-state index is 0.157. The number of benzene rings is 2. The molecule has 0 unspecified atom stereocenters. The summed E-state index contributed by atoms with van der Waals surface area (Å²) in [6.45, 7) is 0. The van der Waals surface area contributed by atoms with Crippen LogP contribution in [0.5, 0.6) is 0 Å². The molecule has 0 heterocycles. The fraction of sp³-hybridized carbons (Fsp3) is 0. The van der Waals surface area contributed by atoms with Crippen molar-refractivity contribution in [1.29, 1.82) is 0 Å². The molecule has 0 saturated heterocycles. The zero-order valence-electron chi connectivity index (χ0n) is 9.90. The van der Waals surface area contributed by atoms with Crippen LogP contribution in [-0.2, 0) is 10.0 Å². The number of hydrogen-bond acceptors (Lipinski definition) is 3. The number of hydrogen-bond donors (Lipinski definition) is 2. The SMILES string of the molecule is Nc1ccc(S(=O)(=O)Nc2cc(Br)ccc2Br)c(F)c1. The van der Waals surface area contributed by atoms with Gasteiger partial charge in [0, 0.05) is 14.6 Å². The summed E-state index contributed by atoms with van der Waals surface area (Å²) < 4.78 is 41.6. The van der Waals surface area contributed by atoms with Crippen LogP contribution >= 0.6 is 31.9 Å². The lowest BCUT2D eigenvalue weighted by molar-refractivity contribution is 0.571. The van der Waals surface area contributed by atoms with E-state index in [1.807, 2.05) is 0 Å². The van der Waals surface area contributed by atoms with Gasteiger partial charge in [-0.25, -0.2) is 12.8 Å². The summed E-state index contributed by atoms with van der Waals surface area (Å²) in [5.41, 5.74) is 5.86. The quantitative estimate of drug-likeness (QED) is 0.738. The van der Waals surface area contributed by atoms with Gasteiger partial charge >= 0.3 is 0 Å². The fourth-order valence-electron chi connectivity index (χ4n) is 1.51. The van der Waals surface area contributed by atoms with Gasteiger partial charge in [0.25, 0.3) is 10.0 Å². The zero-order valence-corrected chi connectivity index (χ0v) is 13.9. The molecule has 106 valence electrons. The first-order valence-corrected chi connectivity index (χ1v) is 8.39. The third kappa shape index (κ3) is 3.31. The van der Waals surface area contributed by atoms with E-state index in [0.29, 0.717) is 14.6 Å². The Morgan fingerprint density at radius 2 is 1.80 bits per heavy atom. The predicted molar refractivity (Wildman–Crippen MR) is 83.5 cm³/mol. The number of halogens is 3. The molecule has 0 atom stereocenters. The molecule has 0 aliphatic heterocycles. The van der Waals surface area contributed by atoms with Crippen molar-refractivity contribution in [3.05, 3.63) is 51.2 Å². The molecule has 0 radical (unpaired) electrons. The summed E-state index contributed by atoms with van der Waals surface area (Å²) in [5.74, 6) is -0.899. The molecule has 0 aliphatic rings. The number of rotatable bonds is 3. The third-order valence-corrected chi connectivity index (χ3v) is 5.00. The van der Waals surface area contributed by atoms with Crippen LogP contribution < -0.4 is 10.5 Å². The van der Waals surface area contributed by atoms with Crippen molar-refractivity contribution in [2.45, 2.75) is 4.90 Å². The maximum Gasteiger partial charge on any atom is 0.264 e. The molecule has 0 saturated carbocycles. The monoisotopic (exact) mass is 422 g/mol. The number of nitrogens with two attached hydrogens (primary N) is 1. The molecule has 0 aliphatic carbocycles. The lowest BCUT2D eigenvalue weighted by Crippen LogP contribution is -2.15. The van der Waals surface area contributed by atoms with Crippen molar-refractivity contribution in [2.24, 2.45) is 0 Å². The first-order valence-electron chi connectivity index (χ1n) is 5.32. The Balaban J connectivity index is 2.43. The van der Waals surface area contributed by atoms with Gasteiger partial charge in [0.05, 0.1) is 5.69 Å². The van der Waals surface area contributed by atoms with Crippen LogP contribution in [0.4, 0.5) is 15.8 Å². The van der Waals surface area contributed by atoms with E-state index in [0.717, 1.165) is 12.1 Å². The average Bonchev–Trinajstić information content (AvgIpc) is 2.33. The van der Waals surface area contributed by atoms with Crippen LogP contribution in [0.2, 0.25) is 0 Å². The lowest BCUT2D eigenvalue weighted by atomic mass is 10.3. The zero-order chi connectivity index (χ0) is 14.9. The largest absolute Gasteiger partial charge is 0.399 e.